The molecule has 5 nitrogen and oxygen atoms in total. The number of anilines is 1. The summed E-state index contributed by atoms with van der Waals surface area (Å²) in [6.45, 7) is 0. The normalized spacial score (nSPS) is 19.9. The van der Waals surface area contributed by atoms with Crippen LogP contribution < -0.4 is 9.64 Å². The van der Waals surface area contributed by atoms with Crippen LogP contribution in [-0.2, 0) is 14.6 Å². The van der Waals surface area contributed by atoms with Crippen molar-refractivity contribution in [2.75, 3.05) is 17.8 Å². The molecule has 22 heavy (non-hydrogen) atoms. The van der Waals surface area contributed by atoms with Crippen LogP contribution in [0.1, 0.15) is 0 Å². The highest BCUT2D eigenvalue weighted by Gasteiger charge is 2.41. The van der Waals surface area contributed by atoms with Crippen molar-refractivity contribution in [1.29, 1.82) is 0 Å². The fraction of sp³-hybridized carbons (Fsp3) is 0.308. The van der Waals surface area contributed by atoms with Gasteiger partial charge < -0.3 is 9.64 Å². The van der Waals surface area contributed by atoms with E-state index in [1.54, 1.807) is 24.3 Å². The summed E-state index contributed by atoms with van der Waals surface area (Å²) < 4.78 is 26.1. The number of amides is 1. The Hall–Kier alpha value is -0.950. The Balaban J connectivity index is 2.41. The number of carbonyl (C=O) groups excluding carboxylic acids is 1. The number of methoxy groups -OCH3 is 1. The lowest BCUT2D eigenvalue weighted by Gasteiger charge is -2.30. The number of rotatable bonds is 3. The van der Waals surface area contributed by atoms with E-state index in [2.05, 4.69) is 0 Å². The third kappa shape index (κ3) is 3.87. The summed E-state index contributed by atoms with van der Waals surface area (Å²) in [4.78, 5) is 13.5. The lowest BCUT2D eigenvalue weighted by atomic mass is 10.2. The van der Waals surface area contributed by atoms with Crippen LogP contribution in [-0.4, -0.2) is 37.0 Å². The number of carbonyl (C=O) groups is 1. The topological polar surface area (TPSA) is 63.7 Å². The van der Waals surface area contributed by atoms with Gasteiger partial charge in [0, 0.05) is 11.1 Å². The average Bonchev–Trinajstić information content (AvgIpc) is 2.79. The summed E-state index contributed by atoms with van der Waals surface area (Å²) in [5.41, 5.74) is 0.406. The van der Waals surface area contributed by atoms with Gasteiger partial charge in [0.2, 0.25) is 0 Å². The minimum Gasteiger partial charge on any atom is -0.497 e. The quantitative estimate of drug-likeness (QED) is 0.752. The second-order valence-electron chi connectivity index (χ2n) is 4.60. The zero-order valence-electron chi connectivity index (χ0n) is 11.4. The molecule has 1 amide bonds. The number of sulfone groups is 1. The smallest absolute Gasteiger partial charge is 0.279 e. The number of benzene rings is 1. The molecule has 0 spiro atoms. The first-order valence-corrected chi connectivity index (χ1v) is 8.94. The first-order chi connectivity index (χ1) is 10.1. The van der Waals surface area contributed by atoms with Gasteiger partial charge in [-0.15, -0.1) is 0 Å². The molecule has 0 aromatic heterocycles. The highest BCUT2D eigenvalue weighted by Crippen LogP contribution is 2.34. The molecule has 9 heteroatoms. The lowest BCUT2D eigenvalue weighted by molar-refractivity contribution is -0.118. The third-order valence-electron chi connectivity index (χ3n) is 3.05. The standard InChI is InChI=1S/C13H12Cl3NO4S/c1-21-11-4-2-9(3-5-11)17(12(18)13(14,15)16)10-6-7-22(19,20)8-10/h2-7,10H,8H2,1H3/t10-/m0/s1. The van der Waals surface area contributed by atoms with E-state index >= 15 is 0 Å². The van der Waals surface area contributed by atoms with Gasteiger partial charge in [0.25, 0.3) is 9.70 Å². The highest BCUT2D eigenvalue weighted by atomic mass is 35.6. The monoisotopic (exact) mass is 383 g/mol. The maximum atomic E-state index is 12.4. The van der Waals surface area contributed by atoms with E-state index in [1.807, 2.05) is 0 Å². The Bertz CT molecular complexity index is 695. The van der Waals surface area contributed by atoms with E-state index < -0.39 is 25.6 Å². The van der Waals surface area contributed by atoms with Crippen molar-refractivity contribution in [3.05, 3.63) is 35.7 Å². The van der Waals surface area contributed by atoms with E-state index in [-0.39, 0.29) is 5.75 Å². The van der Waals surface area contributed by atoms with Crippen LogP contribution in [0.25, 0.3) is 0 Å². The molecular weight excluding hydrogens is 373 g/mol. The molecule has 1 aromatic rings. The largest absolute Gasteiger partial charge is 0.497 e. The predicted octanol–water partition coefficient (Wildman–Crippen LogP) is 2.71. The highest BCUT2D eigenvalue weighted by molar-refractivity contribution is 7.94. The van der Waals surface area contributed by atoms with Gasteiger partial charge in [-0.3, -0.25) is 4.79 Å². The molecule has 0 aliphatic carbocycles. The van der Waals surface area contributed by atoms with Gasteiger partial charge in [-0.05, 0) is 30.3 Å². The fourth-order valence-corrected chi connectivity index (χ4v) is 3.60. The summed E-state index contributed by atoms with van der Waals surface area (Å²) in [5, 5.41) is 1.06. The molecule has 0 saturated heterocycles. The summed E-state index contributed by atoms with van der Waals surface area (Å²) in [6, 6.07) is 5.70. The molecule has 0 radical (unpaired) electrons. The van der Waals surface area contributed by atoms with Crippen molar-refractivity contribution in [3.63, 3.8) is 0 Å². The minimum atomic E-state index is -3.37. The zero-order valence-corrected chi connectivity index (χ0v) is 14.5. The van der Waals surface area contributed by atoms with Crippen LogP contribution in [0.4, 0.5) is 5.69 Å². The SMILES string of the molecule is COc1ccc(N(C(=O)C(Cl)(Cl)Cl)[C@H]2C=CS(=O)(=O)C2)cc1. The number of alkyl halides is 3. The van der Waals surface area contributed by atoms with Gasteiger partial charge in [-0.1, -0.05) is 34.8 Å². The molecule has 1 aromatic carbocycles. The van der Waals surface area contributed by atoms with E-state index in [0.717, 1.165) is 10.3 Å². The lowest BCUT2D eigenvalue weighted by Crippen LogP contribution is -2.46. The summed E-state index contributed by atoms with van der Waals surface area (Å²) in [6.07, 6.45) is 1.40. The van der Waals surface area contributed by atoms with E-state index in [9.17, 15) is 13.2 Å². The Kier molecular flexibility index (Phi) is 4.96. The Morgan fingerprint density at radius 3 is 2.27 bits per heavy atom. The van der Waals surface area contributed by atoms with E-state index in [1.165, 1.54) is 13.2 Å². The van der Waals surface area contributed by atoms with Crippen LogP contribution in [0.3, 0.4) is 0 Å². The molecule has 0 saturated carbocycles. The number of hydrogen-bond donors (Lipinski definition) is 0. The second-order valence-corrected chi connectivity index (χ2v) is 8.81. The van der Waals surface area contributed by atoms with Gasteiger partial charge in [-0.2, -0.15) is 0 Å². The van der Waals surface area contributed by atoms with Gasteiger partial charge in [-0.25, -0.2) is 8.42 Å². The first kappa shape index (κ1) is 17.4. The van der Waals surface area contributed by atoms with Crippen molar-refractivity contribution in [2.45, 2.75) is 9.83 Å². The van der Waals surface area contributed by atoms with Crippen molar-refractivity contribution >= 4 is 56.2 Å². The summed E-state index contributed by atoms with van der Waals surface area (Å²) in [5.74, 6) is -0.500. The molecule has 0 N–H and O–H groups in total. The van der Waals surface area contributed by atoms with Crippen LogP contribution in [0.2, 0.25) is 0 Å². The maximum absolute atomic E-state index is 12.4. The fourth-order valence-electron chi connectivity index (χ4n) is 2.06. The van der Waals surface area contributed by atoms with Gasteiger partial charge in [0.15, 0.2) is 9.84 Å². The number of hydrogen-bond acceptors (Lipinski definition) is 4. The molecule has 2 rings (SSSR count). The van der Waals surface area contributed by atoms with Gasteiger partial charge in [0.05, 0.1) is 18.9 Å². The molecule has 120 valence electrons. The average molecular weight is 385 g/mol. The minimum absolute atomic E-state index is 0.258. The molecule has 1 aliphatic heterocycles. The molecule has 1 heterocycles. The van der Waals surface area contributed by atoms with Crippen LogP contribution in [0.15, 0.2) is 35.7 Å². The third-order valence-corrected chi connectivity index (χ3v) is 4.92. The van der Waals surface area contributed by atoms with Crippen LogP contribution >= 0.6 is 34.8 Å². The molecule has 0 unspecified atom stereocenters. The van der Waals surface area contributed by atoms with Crippen molar-refractivity contribution in [2.24, 2.45) is 0 Å². The van der Waals surface area contributed by atoms with Crippen molar-refractivity contribution in [1.82, 2.24) is 0 Å². The van der Waals surface area contributed by atoms with Gasteiger partial charge >= 0.3 is 0 Å². The molecule has 0 bridgehead atoms. The van der Waals surface area contributed by atoms with Crippen molar-refractivity contribution in [3.8, 4) is 5.75 Å². The van der Waals surface area contributed by atoms with Crippen LogP contribution in [0, 0.1) is 0 Å². The Morgan fingerprint density at radius 2 is 1.86 bits per heavy atom. The zero-order chi connectivity index (χ0) is 16.5. The van der Waals surface area contributed by atoms with Gasteiger partial charge in [0.1, 0.15) is 5.75 Å². The van der Waals surface area contributed by atoms with E-state index in [4.69, 9.17) is 39.5 Å². The number of nitrogens with zero attached hydrogens (tertiary/aromatic N) is 1. The van der Waals surface area contributed by atoms with E-state index in [0.29, 0.717) is 11.4 Å². The molecule has 0 fully saturated rings. The predicted molar refractivity (Wildman–Crippen MR) is 87.5 cm³/mol. The number of halogens is 3. The van der Waals surface area contributed by atoms with Crippen LogP contribution in [0.5, 0.6) is 5.75 Å². The maximum Gasteiger partial charge on any atom is 0.279 e. The molecular formula is C13H12Cl3NO4S. The Morgan fingerprint density at radius 1 is 1.27 bits per heavy atom. The summed E-state index contributed by atoms with van der Waals surface area (Å²) >= 11 is 17.0. The molecule has 1 aliphatic rings. The number of ether oxygens (including phenoxy) is 1. The molecule has 1 atom stereocenters. The summed E-state index contributed by atoms with van der Waals surface area (Å²) in [7, 11) is -1.86. The Labute approximate surface area is 143 Å². The first-order valence-electron chi connectivity index (χ1n) is 6.09. The van der Waals surface area contributed by atoms with Crippen molar-refractivity contribution < 1.29 is 17.9 Å². The second kappa shape index (κ2) is 6.28.